The summed E-state index contributed by atoms with van der Waals surface area (Å²) >= 11 is 1.71. The van der Waals surface area contributed by atoms with Gasteiger partial charge >= 0.3 is 0 Å². The number of anilines is 1. The van der Waals surface area contributed by atoms with Gasteiger partial charge in [-0.1, -0.05) is 6.92 Å². The van der Waals surface area contributed by atoms with Crippen LogP contribution in [0.3, 0.4) is 0 Å². The molecule has 4 heterocycles. The third-order valence-electron chi connectivity index (χ3n) is 4.67. The third-order valence-corrected chi connectivity index (χ3v) is 5.78. The molecule has 0 spiro atoms. The van der Waals surface area contributed by atoms with Crippen molar-refractivity contribution in [2.24, 2.45) is 0 Å². The van der Waals surface area contributed by atoms with Crippen molar-refractivity contribution in [3.63, 3.8) is 0 Å². The van der Waals surface area contributed by atoms with Crippen LogP contribution in [-0.2, 0) is 17.8 Å². The average molecular weight is 343 g/mol. The van der Waals surface area contributed by atoms with Gasteiger partial charge in [-0.3, -0.25) is 0 Å². The Morgan fingerprint density at radius 3 is 3.08 bits per heavy atom. The van der Waals surface area contributed by atoms with Crippen molar-refractivity contribution in [2.75, 3.05) is 5.32 Å². The van der Waals surface area contributed by atoms with Gasteiger partial charge in [0.15, 0.2) is 5.52 Å². The van der Waals surface area contributed by atoms with Crippen LogP contribution in [0, 0.1) is 0 Å². The largest absolute Gasteiger partial charge is 0.370 e. The van der Waals surface area contributed by atoms with E-state index in [-0.39, 0.29) is 5.60 Å². The first-order valence-electron chi connectivity index (χ1n) is 8.49. The van der Waals surface area contributed by atoms with Crippen LogP contribution in [0.5, 0.6) is 0 Å². The summed E-state index contributed by atoms with van der Waals surface area (Å²) in [6.07, 6.45) is 3.68. The molecule has 4 rings (SSSR count). The van der Waals surface area contributed by atoms with Gasteiger partial charge < -0.3 is 10.1 Å². The topological polar surface area (TPSA) is 61.2 Å². The number of hydrogen-bond acceptors (Lipinski definition) is 5. The summed E-state index contributed by atoms with van der Waals surface area (Å²) in [6, 6.07) is 2.62. The van der Waals surface area contributed by atoms with E-state index in [4.69, 9.17) is 9.72 Å². The van der Waals surface area contributed by atoms with Gasteiger partial charge in [-0.05, 0) is 33.3 Å². The van der Waals surface area contributed by atoms with E-state index in [1.54, 1.807) is 17.7 Å². The van der Waals surface area contributed by atoms with Gasteiger partial charge in [-0.15, -0.1) is 16.3 Å². The lowest BCUT2D eigenvalue weighted by atomic mass is 9.95. The van der Waals surface area contributed by atoms with Crippen LogP contribution < -0.4 is 10.3 Å². The van der Waals surface area contributed by atoms with Gasteiger partial charge in [-0.25, -0.2) is 9.97 Å². The van der Waals surface area contributed by atoms with Crippen molar-refractivity contribution in [2.45, 2.75) is 58.8 Å². The van der Waals surface area contributed by atoms with E-state index < -0.39 is 0 Å². The number of ether oxygens (including phenoxy) is 1. The first-order chi connectivity index (χ1) is 11.5. The molecule has 1 aliphatic heterocycles. The fourth-order valence-corrected chi connectivity index (χ4v) is 4.17. The standard InChI is InChI=1S/C18H22N4OS/c1-5-10(2)21-16-15-14(19-9-20-16)12-6-11-8-23-18(3,4)7-13(11)22-17(12)24-15/h6,9-10H,5,7-8H2,1-4H3,(H,19,20,21)/p+1. The van der Waals surface area contributed by atoms with Crippen LogP contribution in [0.1, 0.15) is 45.4 Å². The Bertz CT molecular complexity index is 918. The maximum absolute atomic E-state index is 5.94. The fourth-order valence-electron chi connectivity index (χ4n) is 3.07. The van der Waals surface area contributed by atoms with E-state index in [1.807, 2.05) is 0 Å². The number of pyridine rings is 1. The predicted molar refractivity (Wildman–Crippen MR) is 97.4 cm³/mol. The highest BCUT2D eigenvalue weighted by Crippen LogP contribution is 2.37. The molecule has 5 nitrogen and oxygen atoms in total. The highest BCUT2D eigenvalue weighted by Gasteiger charge is 2.28. The molecule has 0 bridgehead atoms. The second-order valence-electron chi connectivity index (χ2n) is 7.18. The molecule has 24 heavy (non-hydrogen) atoms. The number of aromatic nitrogens is 3. The summed E-state index contributed by atoms with van der Waals surface area (Å²) < 4.78 is 7.09. The summed E-state index contributed by atoms with van der Waals surface area (Å²) in [5.41, 5.74) is 3.22. The highest BCUT2D eigenvalue weighted by molar-refractivity contribution is 7.25. The molecule has 0 saturated heterocycles. The number of nitrogens with zero attached hydrogens (tertiary/aromatic N) is 2. The second kappa shape index (κ2) is 5.63. The smallest absolute Gasteiger partial charge is 0.240 e. The molecule has 0 fully saturated rings. The second-order valence-corrected chi connectivity index (χ2v) is 8.18. The van der Waals surface area contributed by atoms with Crippen LogP contribution in [0.2, 0.25) is 0 Å². The summed E-state index contributed by atoms with van der Waals surface area (Å²) in [7, 11) is 0. The molecule has 1 atom stereocenters. The van der Waals surface area contributed by atoms with E-state index in [9.17, 15) is 0 Å². The number of H-pyrrole nitrogens is 1. The van der Waals surface area contributed by atoms with E-state index >= 15 is 0 Å². The van der Waals surface area contributed by atoms with E-state index in [2.05, 4.69) is 49.0 Å². The quantitative estimate of drug-likeness (QED) is 0.787. The monoisotopic (exact) mass is 343 g/mol. The van der Waals surface area contributed by atoms with Gasteiger partial charge in [0, 0.05) is 12.0 Å². The first kappa shape index (κ1) is 15.7. The van der Waals surface area contributed by atoms with Crippen LogP contribution in [0.4, 0.5) is 5.82 Å². The van der Waals surface area contributed by atoms with Crippen LogP contribution in [0.15, 0.2) is 12.4 Å². The van der Waals surface area contributed by atoms with Gasteiger partial charge in [0.2, 0.25) is 12.1 Å². The average Bonchev–Trinajstić information content (AvgIpc) is 2.90. The van der Waals surface area contributed by atoms with Gasteiger partial charge in [0.25, 0.3) is 0 Å². The first-order valence-corrected chi connectivity index (χ1v) is 9.30. The van der Waals surface area contributed by atoms with Gasteiger partial charge in [-0.2, -0.15) is 0 Å². The van der Waals surface area contributed by atoms with Crippen molar-refractivity contribution in [1.82, 2.24) is 9.97 Å². The highest BCUT2D eigenvalue weighted by atomic mass is 32.1. The molecule has 6 heteroatoms. The molecule has 0 radical (unpaired) electrons. The van der Waals surface area contributed by atoms with Crippen molar-refractivity contribution < 1.29 is 9.72 Å². The molecule has 126 valence electrons. The van der Waals surface area contributed by atoms with Gasteiger partial charge in [0.1, 0.15) is 9.53 Å². The minimum atomic E-state index is -0.139. The number of nitrogens with one attached hydrogen (secondary N) is 2. The maximum atomic E-state index is 5.94. The molecule has 0 aromatic carbocycles. The van der Waals surface area contributed by atoms with E-state index in [1.165, 1.54) is 5.56 Å². The minimum absolute atomic E-state index is 0.139. The Kier molecular flexibility index (Phi) is 3.69. The lowest BCUT2D eigenvalue weighted by Crippen LogP contribution is -2.32. The normalized spacial score (nSPS) is 17.8. The number of hydrogen-bond donors (Lipinski definition) is 1. The molecular formula is C18H23N4OS+. The van der Waals surface area contributed by atoms with Gasteiger partial charge in [0.05, 0.1) is 29.3 Å². The van der Waals surface area contributed by atoms with E-state index in [0.29, 0.717) is 12.6 Å². The zero-order chi connectivity index (χ0) is 16.9. The van der Waals surface area contributed by atoms with Crippen LogP contribution in [-0.4, -0.2) is 21.6 Å². The summed E-state index contributed by atoms with van der Waals surface area (Å²) in [4.78, 5) is 13.8. The predicted octanol–water partition coefficient (Wildman–Crippen LogP) is 3.72. The Morgan fingerprint density at radius 1 is 1.46 bits per heavy atom. The molecule has 3 aromatic rings. The lowest BCUT2D eigenvalue weighted by Gasteiger charge is -2.30. The van der Waals surface area contributed by atoms with Crippen molar-refractivity contribution >= 4 is 37.6 Å². The van der Waals surface area contributed by atoms with Crippen LogP contribution in [0.25, 0.3) is 20.4 Å². The molecular weight excluding hydrogens is 320 g/mol. The number of fused-ring (bicyclic) bond motifs is 4. The summed E-state index contributed by atoms with van der Waals surface area (Å²) in [5, 5.41) is 4.66. The van der Waals surface area contributed by atoms with Crippen molar-refractivity contribution in [3.05, 3.63) is 23.7 Å². The van der Waals surface area contributed by atoms with Crippen molar-refractivity contribution in [1.29, 1.82) is 0 Å². The molecule has 0 saturated carbocycles. The Morgan fingerprint density at radius 2 is 2.29 bits per heavy atom. The molecule has 0 amide bonds. The molecule has 0 aliphatic carbocycles. The van der Waals surface area contributed by atoms with E-state index in [0.717, 1.165) is 44.8 Å². The SMILES string of the molecule is CCC(C)Nc1[nH+]cnc2c1sc1nc3c(cc12)COC(C)(C)C3. The molecule has 1 unspecified atom stereocenters. The third kappa shape index (κ3) is 2.63. The van der Waals surface area contributed by atoms with Crippen LogP contribution >= 0.6 is 11.3 Å². The molecule has 2 N–H and O–H groups in total. The Balaban J connectivity index is 1.87. The minimum Gasteiger partial charge on any atom is -0.370 e. The number of rotatable bonds is 3. The Hall–Kier alpha value is -1.79. The Labute approximate surface area is 145 Å². The maximum Gasteiger partial charge on any atom is 0.240 e. The fraction of sp³-hybridized carbons (Fsp3) is 0.500. The molecule has 1 aliphatic rings. The molecule has 3 aromatic heterocycles. The lowest BCUT2D eigenvalue weighted by molar-refractivity contribution is -0.364. The zero-order valence-electron chi connectivity index (χ0n) is 14.6. The van der Waals surface area contributed by atoms with Crippen molar-refractivity contribution in [3.8, 4) is 0 Å². The zero-order valence-corrected chi connectivity index (χ0v) is 15.4. The summed E-state index contributed by atoms with van der Waals surface area (Å²) in [6.45, 7) is 9.23. The number of thiophene rings is 1. The summed E-state index contributed by atoms with van der Waals surface area (Å²) in [5.74, 6) is 1.03. The number of aromatic amines is 1.